The molecule has 0 spiro atoms. The van der Waals surface area contributed by atoms with Gasteiger partial charge in [-0.05, 0) is 18.2 Å². The van der Waals surface area contributed by atoms with Gasteiger partial charge in [-0.1, -0.05) is 35.9 Å². The Kier molecular flexibility index (Phi) is 4.04. The molecule has 4 aromatic rings. The minimum Gasteiger partial charge on any atom is -0.361 e. The summed E-state index contributed by atoms with van der Waals surface area (Å²) in [6, 6.07) is 13.2. The van der Waals surface area contributed by atoms with Crippen LogP contribution in [0.3, 0.4) is 0 Å². The highest BCUT2D eigenvalue weighted by molar-refractivity contribution is 6.51. The summed E-state index contributed by atoms with van der Waals surface area (Å²) in [7, 11) is 0. The van der Waals surface area contributed by atoms with Crippen LogP contribution in [0.4, 0.5) is 0 Å². The lowest BCUT2D eigenvalue weighted by molar-refractivity contribution is -0.122. The summed E-state index contributed by atoms with van der Waals surface area (Å²) in [6.45, 7) is 1.01. The molecule has 1 aliphatic heterocycles. The van der Waals surface area contributed by atoms with Gasteiger partial charge in [-0.25, -0.2) is 0 Å². The second kappa shape index (κ2) is 6.62. The second-order valence-corrected chi connectivity index (χ2v) is 7.35. The number of aromatic amines is 1. The quantitative estimate of drug-likeness (QED) is 0.455. The minimum atomic E-state index is -0.429. The molecule has 3 heterocycles. The fourth-order valence-corrected chi connectivity index (χ4v) is 4.34. The average molecular weight is 405 g/mol. The maximum absolute atomic E-state index is 12.9. The van der Waals surface area contributed by atoms with Gasteiger partial charge in [0.1, 0.15) is 0 Å². The number of imide groups is 1. The van der Waals surface area contributed by atoms with Gasteiger partial charge in [0.05, 0.1) is 21.7 Å². The van der Waals surface area contributed by atoms with E-state index in [1.807, 2.05) is 47.2 Å². The van der Waals surface area contributed by atoms with Crippen LogP contribution in [0, 0.1) is 0 Å². The summed E-state index contributed by atoms with van der Waals surface area (Å²) in [4.78, 5) is 28.8. The van der Waals surface area contributed by atoms with E-state index in [1.54, 1.807) is 12.3 Å². The Balaban J connectivity index is 1.86. The first kappa shape index (κ1) is 17.7. The molecule has 144 valence electrons. The highest BCUT2D eigenvalue weighted by Crippen LogP contribution is 2.40. The number of aromatic nitrogens is 2. The summed E-state index contributed by atoms with van der Waals surface area (Å²) in [5.74, 6) is -0.844. The lowest BCUT2D eigenvalue weighted by Crippen LogP contribution is -2.22. The lowest BCUT2D eigenvalue weighted by atomic mass is 9.95. The number of nitrogens with zero attached hydrogens (tertiary/aromatic N) is 1. The number of nitrogens with two attached hydrogens (primary N) is 1. The van der Waals surface area contributed by atoms with Crippen molar-refractivity contribution in [3.8, 4) is 0 Å². The van der Waals surface area contributed by atoms with Crippen LogP contribution in [0.15, 0.2) is 54.9 Å². The van der Waals surface area contributed by atoms with Crippen LogP contribution in [-0.2, 0) is 16.1 Å². The van der Waals surface area contributed by atoms with Gasteiger partial charge in [-0.15, -0.1) is 0 Å². The Bertz CT molecular complexity index is 1350. The Labute approximate surface area is 170 Å². The van der Waals surface area contributed by atoms with Gasteiger partial charge in [0.15, 0.2) is 0 Å². The minimum absolute atomic E-state index is 0.327. The Hall–Kier alpha value is -3.35. The summed E-state index contributed by atoms with van der Waals surface area (Å²) < 4.78 is 1.96. The van der Waals surface area contributed by atoms with Crippen LogP contribution in [0.2, 0.25) is 5.02 Å². The molecule has 0 atom stereocenters. The molecule has 2 aromatic carbocycles. The molecule has 0 saturated heterocycles. The van der Waals surface area contributed by atoms with Gasteiger partial charge < -0.3 is 15.3 Å². The van der Waals surface area contributed by atoms with E-state index < -0.39 is 11.8 Å². The number of amides is 2. The number of fused-ring (bicyclic) bond motifs is 2. The van der Waals surface area contributed by atoms with Crippen LogP contribution in [0.5, 0.6) is 0 Å². The molecule has 0 unspecified atom stereocenters. The molecule has 0 bridgehead atoms. The van der Waals surface area contributed by atoms with Crippen molar-refractivity contribution in [2.45, 2.75) is 6.54 Å². The summed E-state index contributed by atoms with van der Waals surface area (Å²) in [5, 5.41) is 4.58. The second-order valence-electron chi connectivity index (χ2n) is 6.94. The fourth-order valence-electron chi connectivity index (χ4n) is 4.07. The van der Waals surface area contributed by atoms with E-state index in [9.17, 15) is 9.59 Å². The number of carbonyl (C=O) groups excluding carboxylic acids is 2. The van der Waals surface area contributed by atoms with Crippen LogP contribution in [0.1, 0.15) is 11.1 Å². The molecular weight excluding hydrogens is 388 g/mol. The monoisotopic (exact) mass is 404 g/mol. The van der Waals surface area contributed by atoms with Crippen molar-refractivity contribution in [2.24, 2.45) is 5.73 Å². The van der Waals surface area contributed by atoms with Crippen molar-refractivity contribution in [3.63, 3.8) is 0 Å². The standard InChI is InChI=1S/C22H17ClN4O2/c23-15-5-3-7-17-18(15)14(11-27(17)9-8-24)20-19(21(28)26-22(20)29)13-10-25-16-6-2-1-4-12(13)16/h1-7,10-11,25H,8-9,24H2,(H,26,28,29). The number of halogens is 1. The first-order chi connectivity index (χ1) is 14.1. The molecule has 2 aromatic heterocycles. The van der Waals surface area contributed by atoms with Crippen molar-refractivity contribution < 1.29 is 9.59 Å². The molecule has 0 radical (unpaired) electrons. The Morgan fingerprint density at radius 3 is 2.52 bits per heavy atom. The van der Waals surface area contributed by atoms with Crippen LogP contribution in [0.25, 0.3) is 33.0 Å². The number of carbonyl (C=O) groups is 2. The molecule has 1 aliphatic rings. The molecule has 5 rings (SSSR count). The van der Waals surface area contributed by atoms with Crippen molar-refractivity contribution in [2.75, 3.05) is 6.54 Å². The van der Waals surface area contributed by atoms with Crippen molar-refractivity contribution >= 4 is 56.4 Å². The molecule has 0 fully saturated rings. The number of para-hydroxylation sites is 1. The van der Waals surface area contributed by atoms with E-state index in [0.717, 1.165) is 21.8 Å². The van der Waals surface area contributed by atoms with E-state index in [-0.39, 0.29) is 0 Å². The first-order valence-corrected chi connectivity index (χ1v) is 9.62. The Morgan fingerprint density at radius 1 is 0.966 bits per heavy atom. The zero-order chi connectivity index (χ0) is 20.1. The lowest BCUT2D eigenvalue weighted by Gasteiger charge is -2.04. The number of hydrogen-bond acceptors (Lipinski definition) is 3. The van der Waals surface area contributed by atoms with E-state index >= 15 is 0 Å². The molecule has 0 saturated carbocycles. The maximum Gasteiger partial charge on any atom is 0.259 e. The highest BCUT2D eigenvalue weighted by Gasteiger charge is 2.35. The maximum atomic E-state index is 12.9. The number of benzene rings is 2. The zero-order valence-electron chi connectivity index (χ0n) is 15.3. The zero-order valence-corrected chi connectivity index (χ0v) is 16.1. The van der Waals surface area contributed by atoms with Crippen molar-refractivity contribution in [1.82, 2.24) is 14.9 Å². The molecule has 6 nitrogen and oxygen atoms in total. The predicted octanol–water partition coefficient (Wildman–Crippen LogP) is 3.30. The van der Waals surface area contributed by atoms with E-state index in [0.29, 0.717) is 40.4 Å². The SMILES string of the molecule is NCCn1cc(C2=C(c3c[nH]c4ccccc34)C(=O)NC2=O)c2c(Cl)cccc21. The normalized spacial score (nSPS) is 14.4. The Morgan fingerprint density at radius 2 is 1.72 bits per heavy atom. The molecule has 4 N–H and O–H groups in total. The smallest absolute Gasteiger partial charge is 0.259 e. The van der Waals surface area contributed by atoms with Gasteiger partial charge in [-0.3, -0.25) is 14.9 Å². The average Bonchev–Trinajstić information content (AvgIpc) is 3.36. The van der Waals surface area contributed by atoms with Crippen LogP contribution >= 0.6 is 11.6 Å². The van der Waals surface area contributed by atoms with Gasteiger partial charge in [0.2, 0.25) is 0 Å². The fraction of sp³-hybridized carbons (Fsp3) is 0.0909. The van der Waals surface area contributed by atoms with E-state index in [2.05, 4.69) is 10.3 Å². The topological polar surface area (TPSA) is 92.9 Å². The predicted molar refractivity (Wildman–Crippen MR) is 114 cm³/mol. The van der Waals surface area contributed by atoms with Gasteiger partial charge in [-0.2, -0.15) is 0 Å². The van der Waals surface area contributed by atoms with E-state index in [4.69, 9.17) is 17.3 Å². The summed E-state index contributed by atoms with van der Waals surface area (Å²) in [6.07, 6.45) is 3.62. The van der Waals surface area contributed by atoms with Gasteiger partial charge in [0, 0.05) is 52.9 Å². The molecule has 29 heavy (non-hydrogen) atoms. The van der Waals surface area contributed by atoms with Crippen molar-refractivity contribution in [3.05, 3.63) is 71.0 Å². The third kappa shape index (κ3) is 2.61. The number of nitrogens with one attached hydrogen (secondary N) is 2. The third-order valence-electron chi connectivity index (χ3n) is 5.28. The highest BCUT2D eigenvalue weighted by atomic mass is 35.5. The molecule has 0 aliphatic carbocycles. The summed E-state index contributed by atoms with van der Waals surface area (Å²) in [5.41, 5.74) is 9.52. The van der Waals surface area contributed by atoms with Gasteiger partial charge in [0.25, 0.3) is 11.8 Å². The largest absolute Gasteiger partial charge is 0.361 e. The summed E-state index contributed by atoms with van der Waals surface area (Å²) >= 11 is 6.52. The number of rotatable bonds is 4. The van der Waals surface area contributed by atoms with E-state index in [1.165, 1.54) is 0 Å². The van der Waals surface area contributed by atoms with Crippen molar-refractivity contribution in [1.29, 1.82) is 0 Å². The molecular formula is C22H17ClN4O2. The third-order valence-corrected chi connectivity index (χ3v) is 5.60. The first-order valence-electron chi connectivity index (χ1n) is 9.24. The molecule has 2 amide bonds. The van der Waals surface area contributed by atoms with Crippen LogP contribution in [-0.4, -0.2) is 27.9 Å². The van der Waals surface area contributed by atoms with Gasteiger partial charge >= 0.3 is 0 Å². The van der Waals surface area contributed by atoms with Crippen LogP contribution < -0.4 is 11.1 Å². The number of H-pyrrole nitrogens is 1. The molecule has 7 heteroatoms. The number of hydrogen-bond donors (Lipinski definition) is 3.